The van der Waals surface area contributed by atoms with Gasteiger partial charge in [-0.05, 0) is 25.3 Å². The minimum absolute atomic E-state index is 0.229. The summed E-state index contributed by atoms with van der Waals surface area (Å²) in [6, 6.07) is 10.1. The van der Waals surface area contributed by atoms with Crippen LogP contribution in [0.25, 0.3) is 0 Å². The molecule has 0 unspecified atom stereocenters. The molecule has 0 aliphatic carbocycles. The van der Waals surface area contributed by atoms with Crippen molar-refractivity contribution in [3.63, 3.8) is 0 Å². The first-order valence-corrected chi connectivity index (χ1v) is 6.42. The van der Waals surface area contributed by atoms with Crippen LogP contribution in [-0.2, 0) is 10.3 Å². The van der Waals surface area contributed by atoms with Gasteiger partial charge in [0.1, 0.15) is 0 Å². The lowest BCUT2D eigenvalue weighted by atomic mass is 9.82. The van der Waals surface area contributed by atoms with Crippen molar-refractivity contribution >= 4 is 6.09 Å². The maximum atomic E-state index is 11.6. The van der Waals surface area contributed by atoms with Gasteiger partial charge in [0, 0.05) is 18.6 Å². The lowest BCUT2D eigenvalue weighted by molar-refractivity contribution is 0.0869. The summed E-state index contributed by atoms with van der Waals surface area (Å²) in [6.07, 6.45) is 1.32. The second-order valence-corrected chi connectivity index (χ2v) is 4.71. The first kappa shape index (κ1) is 12.9. The summed E-state index contributed by atoms with van der Waals surface area (Å²) in [6.45, 7) is 3.55. The Morgan fingerprint density at radius 2 is 1.94 bits per heavy atom. The molecule has 0 radical (unpaired) electrons. The number of benzene rings is 1. The number of carbonyl (C=O) groups is 1. The minimum atomic E-state index is -0.315. The van der Waals surface area contributed by atoms with Gasteiger partial charge in [0.05, 0.1) is 6.61 Å². The molecule has 1 amide bonds. The van der Waals surface area contributed by atoms with E-state index < -0.39 is 0 Å². The van der Waals surface area contributed by atoms with Gasteiger partial charge in [0.15, 0.2) is 0 Å². The van der Waals surface area contributed by atoms with E-state index in [1.165, 1.54) is 0 Å². The van der Waals surface area contributed by atoms with Crippen LogP contribution in [0.4, 0.5) is 4.79 Å². The molecule has 4 heteroatoms. The molecule has 98 valence electrons. The molecule has 0 spiro atoms. The van der Waals surface area contributed by atoms with Crippen molar-refractivity contribution in [1.29, 1.82) is 0 Å². The second kappa shape index (κ2) is 5.40. The Bertz CT molecular complexity index is 398. The number of likely N-dealkylation sites (tertiary alicyclic amines) is 1. The number of hydrogen-bond acceptors (Lipinski definition) is 3. The fourth-order valence-corrected chi connectivity index (χ4v) is 2.36. The summed E-state index contributed by atoms with van der Waals surface area (Å²) in [5, 5.41) is 0. The molecule has 2 N–H and O–H groups in total. The molecule has 1 aromatic carbocycles. The monoisotopic (exact) mass is 248 g/mol. The van der Waals surface area contributed by atoms with Crippen molar-refractivity contribution in [3.05, 3.63) is 35.9 Å². The van der Waals surface area contributed by atoms with Crippen molar-refractivity contribution < 1.29 is 9.53 Å². The molecule has 18 heavy (non-hydrogen) atoms. The van der Waals surface area contributed by atoms with E-state index in [1.807, 2.05) is 25.1 Å². The highest BCUT2D eigenvalue weighted by Crippen LogP contribution is 2.30. The number of rotatable bonds is 2. The van der Waals surface area contributed by atoms with Gasteiger partial charge in [-0.1, -0.05) is 30.3 Å². The average Bonchev–Trinajstić information content (AvgIpc) is 2.41. The molecule has 4 nitrogen and oxygen atoms in total. The van der Waals surface area contributed by atoms with E-state index in [2.05, 4.69) is 12.1 Å². The van der Waals surface area contributed by atoms with Crippen LogP contribution in [0.1, 0.15) is 25.3 Å². The second-order valence-electron chi connectivity index (χ2n) is 4.71. The number of nitrogens with zero attached hydrogens (tertiary/aromatic N) is 1. The van der Waals surface area contributed by atoms with Crippen LogP contribution in [0, 0.1) is 0 Å². The maximum Gasteiger partial charge on any atom is 0.409 e. The Morgan fingerprint density at radius 1 is 1.33 bits per heavy atom. The predicted molar refractivity (Wildman–Crippen MR) is 70.1 cm³/mol. The first-order valence-electron chi connectivity index (χ1n) is 6.42. The van der Waals surface area contributed by atoms with E-state index in [9.17, 15) is 4.79 Å². The Labute approximate surface area is 108 Å². The summed E-state index contributed by atoms with van der Waals surface area (Å²) in [7, 11) is 0. The van der Waals surface area contributed by atoms with Crippen LogP contribution in [0.2, 0.25) is 0 Å². The summed E-state index contributed by atoms with van der Waals surface area (Å²) in [5.41, 5.74) is 7.27. The number of ether oxygens (including phenoxy) is 1. The van der Waals surface area contributed by atoms with Crippen molar-refractivity contribution in [2.75, 3.05) is 19.7 Å². The zero-order chi connectivity index (χ0) is 13.0. The number of amides is 1. The molecule has 1 aliphatic rings. The van der Waals surface area contributed by atoms with Crippen LogP contribution in [0.3, 0.4) is 0 Å². The standard InChI is InChI=1S/C14H20N2O2/c1-2-18-13(17)16-10-8-14(15,9-11-16)12-6-4-3-5-7-12/h3-7H,2,8-11,15H2,1H3. The van der Waals surface area contributed by atoms with Crippen LogP contribution in [0.15, 0.2) is 30.3 Å². The van der Waals surface area contributed by atoms with Gasteiger partial charge in [0.25, 0.3) is 0 Å². The Balaban J connectivity index is 1.99. The molecule has 1 aromatic rings. The molecule has 2 rings (SSSR count). The van der Waals surface area contributed by atoms with Crippen LogP contribution < -0.4 is 5.73 Å². The van der Waals surface area contributed by atoms with Gasteiger partial charge >= 0.3 is 6.09 Å². The van der Waals surface area contributed by atoms with Gasteiger partial charge in [-0.15, -0.1) is 0 Å². The van der Waals surface area contributed by atoms with E-state index in [1.54, 1.807) is 4.90 Å². The zero-order valence-corrected chi connectivity index (χ0v) is 10.8. The number of nitrogens with two attached hydrogens (primary N) is 1. The van der Waals surface area contributed by atoms with E-state index in [4.69, 9.17) is 10.5 Å². The Kier molecular flexibility index (Phi) is 3.87. The van der Waals surface area contributed by atoms with E-state index in [-0.39, 0.29) is 11.6 Å². The van der Waals surface area contributed by atoms with E-state index >= 15 is 0 Å². The van der Waals surface area contributed by atoms with E-state index in [0.29, 0.717) is 19.7 Å². The van der Waals surface area contributed by atoms with Gasteiger partial charge in [0.2, 0.25) is 0 Å². The van der Waals surface area contributed by atoms with Gasteiger partial charge in [-0.2, -0.15) is 0 Å². The molecule has 1 aliphatic heterocycles. The largest absolute Gasteiger partial charge is 0.450 e. The smallest absolute Gasteiger partial charge is 0.409 e. The normalized spacial score (nSPS) is 18.4. The lowest BCUT2D eigenvalue weighted by Gasteiger charge is -2.39. The molecule has 0 saturated carbocycles. The summed E-state index contributed by atoms with van der Waals surface area (Å²) >= 11 is 0. The van der Waals surface area contributed by atoms with Gasteiger partial charge in [-0.25, -0.2) is 4.79 Å². The minimum Gasteiger partial charge on any atom is -0.450 e. The van der Waals surface area contributed by atoms with Gasteiger partial charge < -0.3 is 15.4 Å². The molecule has 0 bridgehead atoms. The van der Waals surface area contributed by atoms with Crippen molar-refractivity contribution in [3.8, 4) is 0 Å². The topological polar surface area (TPSA) is 55.6 Å². The zero-order valence-electron chi connectivity index (χ0n) is 10.8. The molecule has 0 atom stereocenters. The molecular weight excluding hydrogens is 228 g/mol. The Hall–Kier alpha value is -1.55. The fraction of sp³-hybridized carbons (Fsp3) is 0.500. The van der Waals surface area contributed by atoms with Crippen LogP contribution in [0.5, 0.6) is 0 Å². The third kappa shape index (κ3) is 2.64. The molecule has 1 fully saturated rings. The molecule has 1 heterocycles. The third-order valence-corrected chi connectivity index (χ3v) is 3.53. The van der Waals surface area contributed by atoms with Gasteiger partial charge in [-0.3, -0.25) is 0 Å². The Morgan fingerprint density at radius 3 is 2.50 bits per heavy atom. The van der Waals surface area contributed by atoms with Crippen molar-refractivity contribution in [2.24, 2.45) is 5.73 Å². The number of piperidine rings is 1. The fourth-order valence-electron chi connectivity index (χ4n) is 2.36. The maximum absolute atomic E-state index is 11.6. The van der Waals surface area contributed by atoms with E-state index in [0.717, 1.165) is 18.4 Å². The summed E-state index contributed by atoms with van der Waals surface area (Å²) in [4.78, 5) is 13.3. The van der Waals surface area contributed by atoms with Crippen molar-refractivity contribution in [2.45, 2.75) is 25.3 Å². The average molecular weight is 248 g/mol. The molecule has 1 saturated heterocycles. The predicted octanol–water partition coefficient (Wildman–Crippen LogP) is 2.09. The number of carbonyl (C=O) groups excluding carboxylic acids is 1. The third-order valence-electron chi connectivity index (χ3n) is 3.53. The van der Waals surface area contributed by atoms with Crippen LogP contribution in [-0.4, -0.2) is 30.7 Å². The highest BCUT2D eigenvalue weighted by atomic mass is 16.6. The highest BCUT2D eigenvalue weighted by Gasteiger charge is 2.34. The lowest BCUT2D eigenvalue weighted by Crippen LogP contribution is -2.49. The first-order chi connectivity index (χ1) is 8.65. The summed E-state index contributed by atoms with van der Waals surface area (Å²) < 4.78 is 5.00. The highest BCUT2D eigenvalue weighted by molar-refractivity contribution is 5.67. The van der Waals surface area contributed by atoms with Crippen molar-refractivity contribution in [1.82, 2.24) is 4.90 Å². The molecule has 0 aromatic heterocycles. The van der Waals surface area contributed by atoms with Crippen LogP contribution >= 0.6 is 0 Å². The summed E-state index contributed by atoms with van der Waals surface area (Å²) in [5.74, 6) is 0. The quantitative estimate of drug-likeness (QED) is 0.872. The SMILES string of the molecule is CCOC(=O)N1CCC(N)(c2ccccc2)CC1. The molecular formula is C14H20N2O2. The number of hydrogen-bond donors (Lipinski definition) is 1.